The van der Waals surface area contributed by atoms with Crippen molar-refractivity contribution in [2.24, 2.45) is 23.2 Å². The minimum absolute atomic E-state index is 0.0453. The van der Waals surface area contributed by atoms with Crippen molar-refractivity contribution in [3.8, 4) is 17.2 Å². The minimum Gasteiger partial charge on any atom is -0.493 e. The second-order valence-corrected chi connectivity index (χ2v) is 7.97. The summed E-state index contributed by atoms with van der Waals surface area (Å²) in [4.78, 5) is 11.9. The zero-order valence-corrected chi connectivity index (χ0v) is 14.5. The molecule has 0 heterocycles. The number of hydrogen-bond acceptors (Lipinski definition) is 4. The van der Waals surface area contributed by atoms with E-state index in [4.69, 9.17) is 14.2 Å². The lowest BCUT2D eigenvalue weighted by Crippen LogP contribution is -2.53. The van der Waals surface area contributed by atoms with Gasteiger partial charge in [-0.1, -0.05) is 0 Å². The van der Waals surface area contributed by atoms with Crippen molar-refractivity contribution < 1.29 is 19.0 Å². The lowest BCUT2D eigenvalue weighted by molar-refractivity contribution is -0.137. The monoisotopic (exact) mass is 330 g/mol. The molecule has 130 valence electrons. The van der Waals surface area contributed by atoms with Crippen LogP contribution >= 0.6 is 0 Å². The fraction of sp³-hybridized carbons (Fsp3) is 0.650. The molecule has 0 aromatic heterocycles. The van der Waals surface area contributed by atoms with Crippen molar-refractivity contribution in [3.63, 3.8) is 0 Å². The maximum absolute atomic E-state index is 11.9. The molecule has 0 spiro atoms. The largest absolute Gasteiger partial charge is 0.493 e. The van der Waals surface area contributed by atoms with Gasteiger partial charge in [0.1, 0.15) is 5.75 Å². The van der Waals surface area contributed by atoms with Crippen LogP contribution in [-0.2, 0) is 4.79 Å². The molecule has 4 nitrogen and oxygen atoms in total. The van der Waals surface area contributed by atoms with Gasteiger partial charge in [-0.2, -0.15) is 0 Å². The maximum Gasteiger partial charge on any atom is 0.164 e. The molecule has 4 bridgehead atoms. The summed E-state index contributed by atoms with van der Waals surface area (Å²) in [7, 11) is 3.22. The summed E-state index contributed by atoms with van der Waals surface area (Å²) in [5.74, 6) is 4.38. The van der Waals surface area contributed by atoms with Gasteiger partial charge >= 0.3 is 0 Å². The number of carbonyl (C=O) groups excluding carboxylic acids is 1. The Morgan fingerprint density at radius 2 is 1.58 bits per heavy atom. The van der Waals surface area contributed by atoms with Crippen LogP contribution in [0, 0.1) is 23.2 Å². The summed E-state index contributed by atoms with van der Waals surface area (Å²) >= 11 is 0. The molecular weight excluding hydrogens is 304 g/mol. The van der Waals surface area contributed by atoms with E-state index >= 15 is 0 Å². The van der Waals surface area contributed by atoms with Crippen molar-refractivity contribution in [2.75, 3.05) is 14.2 Å². The lowest BCUT2D eigenvalue weighted by Gasteiger charge is -2.58. The Morgan fingerprint density at radius 3 is 2.08 bits per heavy atom. The number of benzene rings is 1. The summed E-state index contributed by atoms with van der Waals surface area (Å²) in [5, 5.41) is 0. The van der Waals surface area contributed by atoms with Crippen LogP contribution in [0.5, 0.6) is 17.2 Å². The first kappa shape index (κ1) is 15.8. The topological polar surface area (TPSA) is 44.8 Å². The molecule has 1 aromatic rings. The van der Waals surface area contributed by atoms with Crippen molar-refractivity contribution in [2.45, 2.75) is 44.6 Å². The van der Waals surface area contributed by atoms with Gasteiger partial charge in [-0.15, -0.1) is 0 Å². The molecule has 1 unspecified atom stereocenters. The molecule has 4 fully saturated rings. The van der Waals surface area contributed by atoms with Crippen LogP contribution in [0.15, 0.2) is 18.2 Å². The highest BCUT2D eigenvalue weighted by molar-refractivity contribution is 5.59. The van der Waals surface area contributed by atoms with Gasteiger partial charge in [-0.05, 0) is 68.4 Å². The van der Waals surface area contributed by atoms with Crippen molar-refractivity contribution in [1.29, 1.82) is 0 Å². The summed E-state index contributed by atoms with van der Waals surface area (Å²) in [6.45, 7) is 0. The molecule has 0 aliphatic heterocycles. The Morgan fingerprint density at radius 1 is 1.00 bits per heavy atom. The van der Waals surface area contributed by atoms with Crippen LogP contribution in [-0.4, -0.2) is 26.6 Å². The predicted octanol–water partition coefficient (Wildman–Crippen LogP) is 3.87. The molecular formula is C20H26O4. The fourth-order valence-electron chi connectivity index (χ4n) is 5.86. The third-order valence-corrected chi connectivity index (χ3v) is 6.43. The molecule has 1 atom stereocenters. The Bertz CT molecular complexity index is 589. The first-order valence-corrected chi connectivity index (χ1v) is 9.00. The molecule has 24 heavy (non-hydrogen) atoms. The second-order valence-electron chi connectivity index (χ2n) is 7.97. The van der Waals surface area contributed by atoms with E-state index in [0.29, 0.717) is 17.2 Å². The van der Waals surface area contributed by atoms with E-state index in [2.05, 4.69) is 0 Å². The standard InChI is InChI=1S/C20H26O4/c1-22-17-4-3-16(8-18(17)23-2)24-19(12-21)20-9-13-5-14(10-20)7-15(6-13)11-20/h3-4,8,12-15,19H,5-7,9-11H2,1-2H3. The van der Waals surface area contributed by atoms with Crippen LogP contribution in [0.1, 0.15) is 38.5 Å². The van der Waals surface area contributed by atoms with Crippen molar-refractivity contribution in [1.82, 2.24) is 0 Å². The summed E-state index contributed by atoms with van der Waals surface area (Å²) < 4.78 is 16.8. The Labute approximate surface area is 143 Å². The molecule has 0 saturated heterocycles. The van der Waals surface area contributed by atoms with Crippen LogP contribution in [0.3, 0.4) is 0 Å². The van der Waals surface area contributed by atoms with E-state index in [1.54, 1.807) is 14.2 Å². The van der Waals surface area contributed by atoms with Crippen molar-refractivity contribution in [3.05, 3.63) is 18.2 Å². The second kappa shape index (κ2) is 5.98. The van der Waals surface area contributed by atoms with Crippen molar-refractivity contribution >= 4 is 6.29 Å². The smallest absolute Gasteiger partial charge is 0.164 e. The molecule has 4 heteroatoms. The number of aldehydes is 1. The fourth-order valence-corrected chi connectivity index (χ4v) is 5.86. The van der Waals surface area contributed by atoms with Gasteiger partial charge in [0.2, 0.25) is 0 Å². The average molecular weight is 330 g/mol. The Hall–Kier alpha value is -1.71. The zero-order chi connectivity index (χ0) is 16.7. The van der Waals surface area contributed by atoms with E-state index in [1.165, 1.54) is 19.3 Å². The summed E-state index contributed by atoms with van der Waals surface area (Å²) in [5.41, 5.74) is 0.0453. The van der Waals surface area contributed by atoms with E-state index in [1.807, 2.05) is 18.2 Å². The third-order valence-electron chi connectivity index (χ3n) is 6.43. The molecule has 0 amide bonds. The highest BCUT2D eigenvalue weighted by Crippen LogP contribution is 2.61. The quantitative estimate of drug-likeness (QED) is 0.743. The van der Waals surface area contributed by atoms with Gasteiger partial charge in [0.25, 0.3) is 0 Å². The Balaban J connectivity index is 1.57. The zero-order valence-electron chi connectivity index (χ0n) is 14.5. The van der Waals surface area contributed by atoms with Crippen LogP contribution < -0.4 is 14.2 Å². The number of hydrogen-bond donors (Lipinski definition) is 0. The first-order valence-electron chi connectivity index (χ1n) is 9.00. The highest BCUT2D eigenvalue weighted by atomic mass is 16.5. The number of ether oxygens (including phenoxy) is 3. The van der Waals surface area contributed by atoms with Gasteiger partial charge in [0, 0.05) is 11.5 Å². The molecule has 4 saturated carbocycles. The number of rotatable bonds is 6. The van der Waals surface area contributed by atoms with E-state index in [-0.39, 0.29) is 11.5 Å². The molecule has 0 N–H and O–H groups in total. The number of methoxy groups -OCH3 is 2. The molecule has 1 aromatic carbocycles. The van der Waals surface area contributed by atoms with E-state index in [9.17, 15) is 4.79 Å². The summed E-state index contributed by atoms with van der Waals surface area (Å²) in [6.07, 6.45) is 8.21. The van der Waals surface area contributed by atoms with Crippen LogP contribution in [0.25, 0.3) is 0 Å². The predicted molar refractivity (Wildman–Crippen MR) is 90.6 cm³/mol. The minimum atomic E-state index is -0.357. The van der Waals surface area contributed by atoms with Gasteiger partial charge in [0.05, 0.1) is 14.2 Å². The third kappa shape index (κ3) is 2.56. The van der Waals surface area contributed by atoms with E-state index in [0.717, 1.165) is 43.3 Å². The SMILES string of the molecule is COc1ccc(OC(C=O)C23CC4CC(CC(C4)C2)C3)cc1OC. The highest BCUT2D eigenvalue weighted by Gasteiger charge is 2.55. The lowest BCUT2D eigenvalue weighted by atomic mass is 9.48. The van der Waals surface area contributed by atoms with E-state index < -0.39 is 0 Å². The molecule has 4 aliphatic carbocycles. The van der Waals surface area contributed by atoms with Gasteiger partial charge in [-0.25, -0.2) is 0 Å². The maximum atomic E-state index is 11.9. The normalized spacial score (nSPS) is 34.7. The molecule has 4 aliphatic rings. The Kier molecular flexibility index (Phi) is 3.93. The van der Waals surface area contributed by atoms with Gasteiger partial charge in [-0.3, -0.25) is 4.79 Å². The van der Waals surface area contributed by atoms with Crippen LogP contribution in [0.4, 0.5) is 0 Å². The average Bonchev–Trinajstić information content (AvgIpc) is 2.58. The molecule has 5 rings (SSSR count). The van der Waals surface area contributed by atoms with Crippen LogP contribution in [0.2, 0.25) is 0 Å². The first-order chi connectivity index (χ1) is 11.7. The van der Waals surface area contributed by atoms with Gasteiger partial charge < -0.3 is 14.2 Å². The number of carbonyl (C=O) groups is 1. The van der Waals surface area contributed by atoms with Gasteiger partial charge in [0.15, 0.2) is 23.9 Å². The summed E-state index contributed by atoms with van der Waals surface area (Å²) in [6, 6.07) is 5.50. The molecule has 0 radical (unpaired) electrons.